The predicted octanol–water partition coefficient (Wildman–Crippen LogP) is 4.08. The van der Waals surface area contributed by atoms with Crippen LogP contribution >= 0.6 is 0 Å². The van der Waals surface area contributed by atoms with Gasteiger partial charge in [0.25, 0.3) is 0 Å². The van der Waals surface area contributed by atoms with Crippen molar-refractivity contribution in [2.24, 2.45) is 5.92 Å². The molecule has 0 fully saturated rings. The van der Waals surface area contributed by atoms with E-state index < -0.39 is 6.10 Å². The Kier molecular flexibility index (Phi) is 2.96. The Bertz CT molecular complexity index is 733. The molecule has 0 unspecified atom stereocenters. The van der Waals surface area contributed by atoms with E-state index in [0.717, 1.165) is 16.6 Å². The molecule has 2 heteroatoms. The van der Waals surface area contributed by atoms with Crippen molar-refractivity contribution in [1.29, 1.82) is 0 Å². The summed E-state index contributed by atoms with van der Waals surface area (Å²) in [5.74, 6) is 0.172. The fraction of sp³-hybridized carbons (Fsp3) is 0.235. The van der Waals surface area contributed by atoms with E-state index in [-0.39, 0.29) is 5.92 Å². The summed E-state index contributed by atoms with van der Waals surface area (Å²) in [5.41, 5.74) is 1.69. The number of fused-ring (bicyclic) bond motifs is 3. The van der Waals surface area contributed by atoms with Gasteiger partial charge in [-0.1, -0.05) is 50.2 Å². The highest BCUT2D eigenvalue weighted by atomic mass is 16.3. The van der Waals surface area contributed by atoms with Gasteiger partial charge < -0.3 is 5.11 Å². The van der Waals surface area contributed by atoms with Gasteiger partial charge in [0.15, 0.2) is 0 Å². The van der Waals surface area contributed by atoms with E-state index >= 15 is 0 Å². The third-order valence-corrected chi connectivity index (χ3v) is 3.55. The van der Waals surface area contributed by atoms with Crippen molar-refractivity contribution in [3.63, 3.8) is 0 Å². The first-order valence-corrected chi connectivity index (χ1v) is 6.63. The molecule has 2 nitrogen and oxygen atoms in total. The molecule has 1 N–H and O–H groups in total. The van der Waals surface area contributed by atoms with Crippen LogP contribution in [0, 0.1) is 5.92 Å². The maximum absolute atomic E-state index is 10.1. The van der Waals surface area contributed by atoms with Crippen LogP contribution in [0.15, 0.2) is 48.5 Å². The van der Waals surface area contributed by atoms with E-state index in [0.29, 0.717) is 0 Å². The fourth-order valence-corrected chi connectivity index (χ4v) is 2.41. The largest absolute Gasteiger partial charge is 0.387 e. The molecule has 0 spiro atoms. The molecule has 1 atom stereocenters. The predicted molar refractivity (Wildman–Crippen MR) is 79.0 cm³/mol. The fourth-order valence-electron chi connectivity index (χ4n) is 2.41. The van der Waals surface area contributed by atoms with Crippen LogP contribution in [0.25, 0.3) is 21.7 Å². The van der Waals surface area contributed by atoms with E-state index in [2.05, 4.69) is 29.2 Å². The molecule has 0 aliphatic carbocycles. The van der Waals surface area contributed by atoms with Gasteiger partial charge in [0.1, 0.15) is 0 Å². The quantitative estimate of drug-likeness (QED) is 0.696. The molecular formula is C17H17NO. The molecular weight excluding hydrogens is 234 g/mol. The van der Waals surface area contributed by atoms with Crippen LogP contribution in [0.4, 0.5) is 0 Å². The molecule has 0 amide bonds. The summed E-state index contributed by atoms with van der Waals surface area (Å²) in [6.45, 7) is 3.99. The van der Waals surface area contributed by atoms with Gasteiger partial charge in [0.2, 0.25) is 0 Å². The van der Waals surface area contributed by atoms with Crippen LogP contribution in [0.3, 0.4) is 0 Å². The van der Waals surface area contributed by atoms with Crippen molar-refractivity contribution in [3.8, 4) is 0 Å². The Balaban J connectivity index is 2.22. The lowest BCUT2D eigenvalue weighted by molar-refractivity contribution is 0.123. The van der Waals surface area contributed by atoms with Crippen molar-refractivity contribution in [1.82, 2.24) is 4.98 Å². The molecule has 96 valence electrons. The second-order valence-electron chi connectivity index (χ2n) is 5.28. The maximum atomic E-state index is 10.1. The minimum absolute atomic E-state index is 0.172. The number of benzene rings is 2. The van der Waals surface area contributed by atoms with Crippen molar-refractivity contribution in [3.05, 3.63) is 54.2 Å². The molecule has 2 aromatic carbocycles. The van der Waals surface area contributed by atoms with Crippen LogP contribution in [0.2, 0.25) is 0 Å². The lowest BCUT2D eigenvalue weighted by atomic mass is 10.0. The van der Waals surface area contributed by atoms with Gasteiger partial charge in [-0.2, -0.15) is 0 Å². The zero-order chi connectivity index (χ0) is 13.4. The summed E-state index contributed by atoms with van der Waals surface area (Å²) in [7, 11) is 0. The number of pyridine rings is 1. The summed E-state index contributed by atoms with van der Waals surface area (Å²) in [6.07, 6.45) is -0.504. The number of aromatic nitrogens is 1. The average Bonchev–Trinajstić information content (AvgIpc) is 2.45. The van der Waals surface area contributed by atoms with Crippen molar-refractivity contribution < 1.29 is 5.11 Å². The first kappa shape index (κ1) is 12.1. The molecule has 0 saturated heterocycles. The highest BCUT2D eigenvalue weighted by molar-refractivity contribution is 6.05. The smallest absolute Gasteiger partial charge is 0.0982 e. The number of hydrogen-bond donors (Lipinski definition) is 1. The third kappa shape index (κ3) is 2.08. The molecule has 0 saturated carbocycles. The van der Waals surface area contributed by atoms with E-state index in [1.807, 2.05) is 38.1 Å². The first-order chi connectivity index (χ1) is 9.16. The SMILES string of the molecule is CC(C)[C@H](O)c1ccc2c(ccc3ccccc32)n1. The van der Waals surface area contributed by atoms with E-state index in [4.69, 9.17) is 0 Å². The minimum atomic E-state index is -0.504. The number of aliphatic hydroxyl groups is 1. The standard InChI is InChI=1S/C17H17NO/c1-11(2)17(19)16-10-8-14-13-6-4-3-5-12(13)7-9-15(14)18-16/h3-11,17,19H,1-2H3/t17-/m0/s1. The molecule has 1 aromatic heterocycles. The lowest BCUT2D eigenvalue weighted by Crippen LogP contribution is -2.07. The zero-order valence-electron chi connectivity index (χ0n) is 11.2. The molecule has 19 heavy (non-hydrogen) atoms. The number of rotatable bonds is 2. The van der Waals surface area contributed by atoms with Crippen LogP contribution < -0.4 is 0 Å². The Hall–Kier alpha value is -1.93. The molecule has 1 heterocycles. The summed E-state index contributed by atoms with van der Waals surface area (Å²) >= 11 is 0. The normalized spacial score (nSPS) is 13.3. The summed E-state index contributed by atoms with van der Waals surface area (Å²) in [6, 6.07) is 16.4. The number of nitrogens with zero attached hydrogens (tertiary/aromatic N) is 1. The molecule has 0 aliphatic rings. The molecule has 0 aliphatic heterocycles. The van der Waals surface area contributed by atoms with Crippen LogP contribution in [-0.4, -0.2) is 10.1 Å². The van der Waals surface area contributed by atoms with Gasteiger partial charge in [0.05, 0.1) is 17.3 Å². The van der Waals surface area contributed by atoms with Gasteiger partial charge in [0, 0.05) is 5.39 Å². The Morgan fingerprint density at radius 2 is 1.68 bits per heavy atom. The van der Waals surface area contributed by atoms with Crippen LogP contribution in [0.1, 0.15) is 25.6 Å². The van der Waals surface area contributed by atoms with Gasteiger partial charge in [-0.25, -0.2) is 0 Å². The Morgan fingerprint density at radius 3 is 2.47 bits per heavy atom. The average molecular weight is 251 g/mol. The van der Waals surface area contributed by atoms with Gasteiger partial charge >= 0.3 is 0 Å². The minimum Gasteiger partial charge on any atom is -0.387 e. The second-order valence-corrected chi connectivity index (χ2v) is 5.28. The van der Waals surface area contributed by atoms with Crippen molar-refractivity contribution in [2.75, 3.05) is 0 Å². The highest BCUT2D eigenvalue weighted by Gasteiger charge is 2.14. The molecule has 0 radical (unpaired) electrons. The number of aliphatic hydroxyl groups excluding tert-OH is 1. The third-order valence-electron chi connectivity index (χ3n) is 3.55. The van der Waals surface area contributed by atoms with Crippen molar-refractivity contribution in [2.45, 2.75) is 20.0 Å². The summed E-state index contributed by atoms with van der Waals surface area (Å²) < 4.78 is 0. The molecule has 0 bridgehead atoms. The van der Waals surface area contributed by atoms with E-state index in [9.17, 15) is 5.11 Å². The maximum Gasteiger partial charge on any atom is 0.0982 e. The summed E-state index contributed by atoms with van der Waals surface area (Å²) in [4.78, 5) is 4.60. The van der Waals surface area contributed by atoms with Crippen molar-refractivity contribution >= 4 is 21.7 Å². The highest BCUT2D eigenvalue weighted by Crippen LogP contribution is 2.27. The van der Waals surface area contributed by atoms with Gasteiger partial charge in [-0.05, 0) is 28.8 Å². The van der Waals surface area contributed by atoms with Gasteiger partial charge in [-0.3, -0.25) is 4.98 Å². The number of hydrogen-bond acceptors (Lipinski definition) is 2. The monoisotopic (exact) mass is 251 g/mol. The topological polar surface area (TPSA) is 33.1 Å². The Labute approximate surface area is 112 Å². The first-order valence-electron chi connectivity index (χ1n) is 6.63. The van der Waals surface area contributed by atoms with Crippen LogP contribution in [-0.2, 0) is 0 Å². The molecule has 3 rings (SSSR count). The second kappa shape index (κ2) is 4.63. The van der Waals surface area contributed by atoms with Gasteiger partial charge in [-0.15, -0.1) is 0 Å². The zero-order valence-corrected chi connectivity index (χ0v) is 11.2. The molecule has 3 aromatic rings. The van der Waals surface area contributed by atoms with E-state index in [1.165, 1.54) is 10.8 Å². The van der Waals surface area contributed by atoms with Crippen LogP contribution in [0.5, 0.6) is 0 Å². The summed E-state index contributed by atoms with van der Waals surface area (Å²) in [5, 5.41) is 13.7. The lowest BCUT2D eigenvalue weighted by Gasteiger charge is -2.14. The van der Waals surface area contributed by atoms with E-state index in [1.54, 1.807) is 0 Å². The Morgan fingerprint density at radius 1 is 0.895 bits per heavy atom.